The molecule has 204 valence electrons. The lowest BCUT2D eigenvalue weighted by molar-refractivity contribution is -0.203. The van der Waals surface area contributed by atoms with Gasteiger partial charge in [0, 0.05) is 23.6 Å². The van der Waals surface area contributed by atoms with Crippen molar-refractivity contribution >= 4 is 0 Å². The van der Waals surface area contributed by atoms with Crippen LogP contribution < -0.4 is 4.74 Å². The lowest BCUT2D eigenvalue weighted by atomic mass is 10.0. The quantitative estimate of drug-likeness (QED) is 0.301. The second-order valence-corrected chi connectivity index (χ2v) is 8.54. The van der Waals surface area contributed by atoms with Crippen molar-refractivity contribution in [1.29, 1.82) is 0 Å². The van der Waals surface area contributed by atoms with Crippen molar-refractivity contribution in [2.45, 2.75) is 25.5 Å². The molecule has 1 saturated heterocycles. The van der Waals surface area contributed by atoms with Gasteiger partial charge in [0.25, 0.3) is 0 Å². The van der Waals surface area contributed by atoms with Crippen LogP contribution in [0.4, 0.5) is 43.9 Å². The first-order valence-electron chi connectivity index (χ1n) is 10.8. The highest BCUT2D eigenvalue weighted by atomic mass is 19.4. The average Bonchev–Trinajstić information content (AvgIpc) is 2.77. The van der Waals surface area contributed by atoms with Crippen LogP contribution in [0.5, 0.6) is 5.75 Å². The third-order valence-electron chi connectivity index (χ3n) is 5.52. The Bertz CT molecular complexity index is 1300. The molecule has 1 aliphatic heterocycles. The van der Waals surface area contributed by atoms with Gasteiger partial charge in [-0.2, -0.15) is 22.0 Å². The maximum atomic E-state index is 14.7. The summed E-state index contributed by atoms with van der Waals surface area (Å²) in [4.78, 5) is 0. The molecule has 0 aliphatic carbocycles. The summed E-state index contributed by atoms with van der Waals surface area (Å²) in [6.45, 7) is 2.18. The van der Waals surface area contributed by atoms with Gasteiger partial charge < -0.3 is 14.2 Å². The summed E-state index contributed by atoms with van der Waals surface area (Å²) in [6.07, 6.45) is -11.0. The second kappa shape index (κ2) is 10.1. The maximum Gasteiger partial charge on any atom is 0.432 e. The lowest BCUT2D eigenvalue weighted by Gasteiger charge is -2.28. The van der Waals surface area contributed by atoms with E-state index in [1.807, 2.05) is 0 Å². The van der Waals surface area contributed by atoms with Crippen LogP contribution in [-0.2, 0) is 21.8 Å². The smallest absolute Gasteiger partial charge is 0.429 e. The largest absolute Gasteiger partial charge is 0.432 e. The number of hydrogen-bond donors (Lipinski definition) is 0. The Hall–Kier alpha value is -3.32. The highest BCUT2D eigenvalue weighted by Gasteiger charge is 2.42. The van der Waals surface area contributed by atoms with Crippen LogP contribution in [0.1, 0.15) is 29.9 Å². The molecule has 0 aromatic heterocycles. The molecule has 0 amide bonds. The van der Waals surface area contributed by atoms with Crippen LogP contribution in [0.15, 0.2) is 42.5 Å². The van der Waals surface area contributed by atoms with Gasteiger partial charge in [0.1, 0.15) is 40.4 Å². The number of rotatable bonds is 5. The van der Waals surface area contributed by atoms with Gasteiger partial charge in [0.2, 0.25) is 0 Å². The van der Waals surface area contributed by atoms with Gasteiger partial charge in [0.05, 0.1) is 24.3 Å². The molecular formula is C25H16F10O3. The van der Waals surface area contributed by atoms with Gasteiger partial charge in [-0.25, -0.2) is 22.0 Å². The molecule has 4 rings (SSSR count). The molecule has 1 fully saturated rings. The Morgan fingerprint density at radius 3 is 1.79 bits per heavy atom. The van der Waals surface area contributed by atoms with E-state index < -0.39 is 75.7 Å². The fraction of sp³-hybridized carbons (Fsp3) is 0.280. The van der Waals surface area contributed by atoms with Crippen molar-refractivity contribution in [3.8, 4) is 16.9 Å². The van der Waals surface area contributed by atoms with Crippen LogP contribution in [-0.4, -0.2) is 13.2 Å². The minimum atomic E-state index is -5.07. The van der Waals surface area contributed by atoms with E-state index in [-0.39, 0.29) is 49.0 Å². The summed E-state index contributed by atoms with van der Waals surface area (Å²) in [7, 11) is 0. The first kappa shape index (κ1) is 27.7. The highest BCUT2D eigenvalue weighted by molar-refractivity contribution is 5.66. The van der Waals surface area contributed by atoms with E-state index in [0.29, 0.717) is 18.2 Å². The summed E-state index contributed by atoms with van der Waals surface area (Å²) in [5.74, 6) is -9.78. The molecule has 13 heteroatoms. The van der Waals surface area contributed by atoms with E-state index in [4.69, 9.17) is 9.47 Å². The molecule has 0 atom stereocenters. The van der Waals surface area contributed by atoms with Crippen molar-refractivity contribution in [1.82, 2.24) is 0 Å². The van der Waals surface area contributed by atoms with Crippen LogP contribution in [0, 0.1) is 35.0 Å². The molecule has 0 bridgehead atoms. The lowest BCUT2D eigenvalue weighted by Crippen LogP contribution is -2.27. The van der Waals surface area contributed by atoms with Gasteiger partial charge in [-0.3, -0.25) is 0 Å². The van der Waals surface area contributed by atoms with Crippen molar-refractivity contribution in [3.63, 3.8) is 0 Å². The molecule has 0 saturated carbocycles. The zero-order valence-corrected chi connectivity index (χ0v) is 19.1. The number of halogens is 10. The van der Waals surface area contributed by atoms with Crippen molar-refractivity contribution in [2.75, 3.05) is 13.2 Å². The molecule has 0 radical (unpaired) electrons. The summed E-state index contributed by atoms with van der Waals surface area (Å²) in [5.41, 5.74) is -5.49. The molecule has 0 spiro atoms. The second-order valence-electron chi connectivity index (χ2n) is 8.54. The topological polar surface area (TPSA) is 27.7 Å². The molecule has 0 N–H and O–H groups in total. The number of hydrogen-bond acceptors (Lipinski definition) is 3. The maximum absolute atomic E-state index is 14.7. The van der Waals surface area contributed by atoms with E-state index in [1.165, 1.54) is 0 Å². The normalized spacial score (nSPS) is 18.5. The molecule has 1 heterocycles. The Morgan fingerprint density at radius 2 is 1.29 bits per heavy atom. The monoisotopic (exact) mass is 554 g/mol. The standard InChI is InChI=1S/C25H16F10O3/c1-11-9-36-23(37-10-11)13-5-19(29)22(20(30)6-13)25(34,35)38-14-7-17(27)21(18(28)8-14)12-2-3-15(16(26)4-12)24(31,32)33/h2-8,11,23H,9-10H2,1H3. The predicted molar refractivity (Wildman–Crippen MR) is 111 cm³/mol. The average molecular weight is 554 g/mol. The molecule has 0 unspecified atom stereocenters. The van der Waals surface area contributed by atoms with Crippen LogP contribution in [0.25, 0.3) is 11.1 Å². The van der Waals surface area contributed by atoms with E-state index >= 15 is 0 Å². The summed E-state index contributed by atoms with van der Waals surface area (Å²) >= 11 is 0. The van der Waals surface area contributed by atoms with Gasteiger partial charge in [-0.15, -0.1) is 0 Å². The Morgan fingerprint density at radius 1 is 0.737 bits per heavy atom. The van der Waals surface area contributed by atoms with Gasteiger partial charge in [0.15, 0.2) is 6.29 Å². The van der Waals surface area contributed by atoms with E-state index in [9.17, 15) is 43.9 Å². The van der Waals surface area contributed by atoms with E-state index in [1.54, 1.807) is 6.92 Å². The first-order valence-corrected chi connectivity index (χ1v) is 10.8. The molecule has 3 aromatic rings. The summed E-state index contributed by atoms with van der Waals surface area (Å²) in [6, 6.07) is 2.54. The van der Waals surface area contributed by atoms with Crippen LogP contribution >= 0.6 is 0 Å². The van der Waals surface area contributed by atoms with Crippen molar-refractivity contribution in [2.24, 2.45) is 5.92 Å². The van der Waals surface area contributed by atoms with Gasteiger partial charge in [-0.1, -0.05) is 13.0 Å². The van der Waals surface area contributed by atoms with Gasteiger partial charge >= 0.3 is 12.3 Å². The van der Waals surface area contributed by atoms with E-state index in [2.05, 4.69) is 4.74 Å². The summed E-state index contributed by atoms with van der Waals surface area (Å²) in [5, 5.41) is 0. The SMILES string of the molecule is CC1COC(c2cc(F)c(C(F)(F)Oc3cc(F)c(-c4ccc(C(F)(F)F)c(F)c4)c(F)c3)c(F)c2)OC1. The molecule has 3 aromatic carbocycles. The number of alkyl halides is 5. The Balaban J connectivity index is 1.61. The third kappa shape index (κ3) is 5.58. The summed E-state index contributed by atoms with van der Waals surface area (Å²) < 4.78 is 155. The third-order valence-corrected chi connectivity index (χ3v) is 5.52. The van der Waals surface area contributed by atoms with Crippen molar-refractivity contribution in [3.05, 3.63) is 88.2 Å². The fourth-order valence-corrected chi connectivity index (χ4v) is 3.78. The predicted octanol–water partition coefficient (Wildman–Crippen LogP) is 7.88. The zero-order valence-electron chi connectivity index (χ0n) is 19.1. The minimum Gasteiger partial charge on any atom is -0.429 e. The number of benzene rings is 3. The Kier molecular flexibility index (Phi) is 7.36. The molecule has 1 aliphatic rings. The first-order chi connectivity index (χ1) is 17.7. The Labute approximate surface area is 208 Å². The molecule has 3 nitrogen and oxygen atoms in total. The number of ether oxygens (including phenoxy) is 3. The van der Waals surface area contributed by atoms with Crippen LogP contribution in [0.3, 0.4) is 0 Å². The molecule has 38 heavy (non-hydrogen) atoms. The zero-order chi connectivity index (χ0) is 28.0. The van der Waals surface area contributed by atoms with Gasteiger partial charge in [-0.05, 0) is 29.8 Å². The highest BCUT2D eigenvalue weighted by Crippen LogP contribution is 2.40. The van der Waals surface area contributed by atoms with Crippen LogP contribution in [0.2, 0.25) is 0 Å². The fourth-order valence-electron chi connectivity index (χ4n) is 3.78. The molecular weight excluding hydrogens is 538 g/mol. The minimum absolute atomic E-state index is 0.00315. The van der Waals surface area contributed by atoms with E-state index in [0.717, 1.165) is 0 Å². The van der Waals surface area contributed by atoms with Crippen molar-refractivity contribution < 1.29 is 58.1 Å².